The molecule has 0 aromatic heterocycles. The molecule has 106 valence electrons. The van der Waals surface area contributed by atoms with Crippen LogP contribution in [-0.4, -0.2) is 19.1 Å². The van der Waals surface area contributed by atoms with Gasteiger partial charge >= 0.3 is 0 Å². The van der Waals surface area contributed by atoms with Crippen LogP contribution in [0.2, 0.25) is 0 Å². The second-order valence-electron chi connectivity index (χ2n) is 5.21. The maximum Gasteiger partial charge on any atom is 0.252 e. The summed E-state index contributed by atoms with van der Waals surface area (Å²) in [5, 5.41) is 12.1. The number of nitriles is 1. The number of hydrogen-bond acceptors (Lipinski definition) is 3. The van der Waals surface area contributed by atoms with Crippen molar-refractivity contribution in [1.82, 2.24) is 5.32 Å². The lowest BCUT2D eigenvalue weighted by Gasteiger charge is -2.26. The van der Waals surface area contributed by atoms with Crippen LogP contribution in [0, 0.1) is 17.2 Å². The van der Waals surface area contributed by atoms with Crippen molar-refractivity contribution in [2.75, 3.05) is 7.11 Å². The van der Waals surface area contributed by atoms with Crippen LogP contribution in [-0.2, 0) is 0 Å². The van der Waals surface area contributed by atoms with Gasteiger partial charge in [-0.15, -0.1) is 0 Å². The van der Waals surface area contributed by atoms with E-state index in [2.05, 4.69) is 11.4 Å². The van der Waals surface area contributed by atoms with Crippen molar-refractivity contribution in [3.05, 3.63) is 29.8 Å². The van der Waals surface area contributed by atoms with Crippen LogP contribution in [0.5, 0.6) is 5.75 Å². The third kappa shape index (κ3) is 3.51. The highest BCUT2D eigenvalue weighted by molar-refractivity contribution is 5.94. The maximum absolute atomic E-state index is 12.2. The number of ether oxygens (including phenoxy) is 1. The Morgan fingerprint density at radius 3 is 2.80 bits per heavy atom. The fraction of sp³-hybridized carbons (Fsp3) is 0.500. The van der Waals surface area contributed by atoms with Crippen molar-refractivity contribution in [2.24, 2.45) is 5.92 Å². The van der Waals surface area contributed by atoms with Crippen LogP contribution >= 0.6 is 0 Å². The molecular formula is C16H20N2O2. The monoisotopic (exact) mass is 272 g/mol. The Bertz CT molecular complexity index is 501. The predicted molar refractivity (Wildman–Crippen MR) is 76.4 cm³/mol. The molecule has 0 bridgehead atoms. The molecule has 0 radical (unpaired) electrons. The van der Waals surface area contributed by atoms with Gasteiger partial charge in [-0.2, -0.15) is 5.26 Å². The summed E-state index contributed by atoms with van der Waals surface area (Å²) < 4.78 is 5.11. The third-order valence-corrected chi connectivity index (χ3v) is 3.88. The zero-order valence-corrected chi connectivity index (χ0v) is 11.8. The first-order valence-corrected chi connectivity index (χ1v) is 7.09. The molecule has 0 saturated heterocycles. The standard InChI is InChI=1S/C16H20N2O2/c1-20-14-9-5-8-13(10-14)16(19)18-15(11-17)12-6-3-2-4-7-12/h5,8-10,12,15H,2-4,6-7H2,1H3,(H,18,19). The van der Waals surface area contributed by atoms with Gasteiger partial charge in [0, 0.05) is 5.56 Å². The number of carbonyl (C=O) groups is 1. The van der Waals surface area contributed by atoms with E-state index in [4.69, 9.17) is 4.74 Å². The number of benzene rings is 1. The lowest BCUT2D eigenvalue weighted by atomic mass is 9.84. The summed E-state index contributed by atoms with van der Waals surface area (Å²) in [7, 11) is 1.57. The minimum atomic E-state index is -0.394. The quantitative estimate of drug-likeness (QED) is 0.916. The molecule has 1 aromatic rings. The average molecular weight is 272 g/mol. The highest BCUT2D eigenvalue weighted by Crippen LogP contribution is 2.26. The molecule has 1 unspecified atom stereocenters. The molecule has 2 rings (SSSR count). The minimum Gasteiger partial charge on any atom is -0.497 e. The van der Waals surface area contributed by atoms with Crippen LogP contribution in [0.3, 0.4) is 0 Å². The summed E-state index contributed by atoms with van der Waals surface area (Å²) in [6.45, 7) is 0. The Morgan fingerprint density at radius 1 is 1.40 bits per heavy atom. The molecule has 4 heteroatoms. The van der Waals surface area contributed by atoms with E-state index < -0.39 is 6.04 Å². The Hall–Kier alpha value is -2.02. The van der Waals surface area contributed by atoms with Gasteiger partial charge in [0.25, 0.3) is 5.91 Å². The van der Waals surface area contributed by atoms with E-state index in [-0.39, 0.29) is 11.8 Å². The number of amides is 1. The summed E-state index contributed by atoms with van der Waals surface area (Å²) in [6, 6.07) is 8.82. The molecule has 0 heterocycles. The molecule has 4 nitrogen and oxygen atoms in total. The van der Waals surface area contributed by atoms with Crippen LogP contribution in [0.15, 0.2) is 24.3 Å². The molecule has 1 aromatic carbocycles. The van der Waals surface area contributed by atoms with E-state index in [1.165, 1.54) is 6.42 Å². The highest BCUT2D eigenvalue weighted by atomic mass is 16.5. The van der Waals surface area contributed by atoms with Crippen LogP contribution in [0.25, 0.3) is 0 Å². The van der Waals surface area contributed by atoms with Gasteiger partial charge in [0.1, 0.15) is 11.8 Å². The average Bonchev–Trinajstić information content (AvgIpc) is 2.53. The molecule has 1 aliphatic rings. The Morgan fingerprint density at radius 2 is 2.15 bits per heavy atom. The zero-order chi connectivity index (χ0) is 14.4. The van der Waals surface area contributed by atoms with E-state index >= 15 is 0 Å². The lowest BCUT2D eigenvalue weighted by Crippen LogP contribution is -2.40. The zero-order valence-electron chi connectivity index (χ0n) is 11.8. The molecular weight excluding hydrogens is 252 g/mol. The van der Waals surface area contributed by atoms with Gasteiger partial charge in [-0.1, -0.05) is 25.3 Å². The largest absolute Gasteiger partial charge is 0.497 e. The smallest absolute Gasteiger partial charge is 0.252 e. The number of hydrogen-bond donors (Lipinski definition) is 1. The summed E-state index contributed by atoms with van der Waals surface area (Å²) in [6.07, 6.45) is 5.58. The van der Waals surface area contributed by atoms with Crippen molar-refractivity contribution in [2.45, 2.75) is 38.1 Å². The SMILES string of the molecule is COc1cccc(C(=O)NC(C#N)C2CCCCC2)c1. The summed E-state index contributed by atoms with van der Waals surface area (Å²) in [5.41, 5.74) is 0.528. The molecule has 0 aliphatic heterocycles. The lowest BCUT2D eigenvalue weighted by molar-refractivity contribution is 0.0928. The summed E-state index contributed by atoms with van der Waals surface area (Å²) in [4.78, 5) is 12.2. The molecule has 1 aliphatic carbocycles. The van der Waals surface area contributed by atoms with E-state index in [1.807, 2.05) is 0 Å². The first kappa shape index (κ1) is 14.4. The second-order valence-corrected chi connectivity index (χ2v) is 5.21. The van der Waals surface area contributed by atoms with Crippen molar-refractivity contribution in [3.63, 3.8) is 0 Å². The van der Waals surface area contributed by atoms with Gasteiger partial charge in [-0.05, 0) is 37.0 Å². The van der Waals surface area contributed by atoms with E-state index in [0.29, 0.717) is 11.3 Å². The van der Waals surface area contributed by atoms with Gasteiger partial charge in [-0.3, -0.25) is 4.79 Å². The molecule has 0 spiro atoms. The van der Waals surface area contributed by atoms with Crippen LogP contribution in [0.4, 0.5) is 0 Å². The summed E-state index contributed by atoms with van der Waals surface area (Å²) in [5.74, 6) is 0.716. The first-order valence-electron chi connectivity index (χ1n) is 7.09. The van der Waals surface area contributed by atoms with E-state index in [1.54, 1.807) is 31.4 Å². The third-order valence-electron chi connectivity index (χ3n) is 3.88. The van der Waals surface area contributed by atoms with Crippen molar-refractivity contribution in [1.29, 1.82) is 5.26 Å². The van der Waals surface area contributed by atoms with Crippen molar-refractivity contribution < 1.29 is 9.53 Å². The number of rotatable bonds is 4. The maximum atomic E-state index is 12.2. The number of methoxy groups -OCH3 is 1. The molecule has 1 atom stereocenters. The Kier molecular flexibility index (Phi) is 5.00. The van der Waals surface area contributed by atoms with E-state index in [0.717, 1.165) is 25.7 Å². The topological polar surface area (TPSA) is 62.1 Å². The van der Waals surface area contributed by atoms with Crippen LogP contribution in [0.1, 0.15) is 42.5 Å². The number of nitrogens with zero attached hydrogens (tertiary/aromatic N) is 1. The molecule has 1 saturated carbocycles. The van der Waals surface area contributed by atoms with Gasteiger partial charge in [-0.25, -0.2) is 0 Å². The highest BCUT2D eigenvalue weighted by Gasteiger charge is 2.25. The molecule has 1 amide bonds. The van der Waals surface area contributed by atoms with Crippen molar-refractivity contribution >= 4 is 5.91 Å². The number of carbonyl (C=O) groups excluding carboxylic acids is 1. The first-order chi connectivity index (χ1) is 9.74. The Balaban J connectivity index is 2.03. The van der Waals surface area contributed by atoms with Gasteiger partial charge in [0.2, 0.25) is 0 Å². The molecule has 1 fully saturated rings. The Labute approximate surface area is 119 Å². The van der Waals surface area contributed by atoms with Gasteiger partial charge < -0.3 is 10.1 Å². The number of nitrogens with one attached hydrogen (secondary N) is 1. The second kappa shape index (κ2) is 6.95. The predicted octanol–water partition coefficient (Wildman–Crippen LogP) is 2.90. The fourth-order valence-corrected chi connectivity index (χ4v) is 2.71. The fourth-order valence-electron chi connectivity index (χ4n) is 2.71. The molecule has 1 N–H and O–H groups in total. The van der Waals surface area contributed by atoms with Crippen LogP contribution < -0.4 is 10.1 Å². The van der Waals surface area contributed by atoms with Crippen molar-refractivity contribution in [3.8, 4) is 11.8 Å². The van der Waals surface area contributed by atoms with Gasteiger partial charge in [0.05, 0.1) is 13.2 Å². The minimum absolute atomic E-state index is 0.207. The molecule has 20 heavy (non-hydrogen) atoms. The summed E-state index contributed by atoms with van der Waals surface area (Å²) >= 11 is 0. The normalized spacial score (nSPS) is 17.0. The van der Waals surface area contributed by atoms with Gasteiger partial charge in [0.15, 0.2) is 0 Å². The van der Waals surface area contributed by atoms with E-state index in [9.17, 15) is 10.1 Å².